The standard InChI is InChI=1S/C14H23NO3S/c1-11-5-7-13(8-6-11)18-9-12(14(2,3)4)10-19(15,16)17/h5-8,12H,9-10H2,1-4H3,(H2,15,16,17). The molecule has 0 bridgehead atoms. The van der Waals surface area contributed by atoms with E-state index in [0.717, 1.165) is 11.3 Å². The molecule has 2 N–H and O–H groups in total. The van der Waals surface area contributed by atoms with Crippen LogP contribution in [0.15, 0.2) is 24.3 Å². The van der Waals surface area contributed by atoms with E-state index in [2.05, 4.69) is 0 Å². The first kappa shape index (κ1) is 16.0. The van der Waals surface area contributed by atoms with Crippen molar-refractivity contribution in [1.29, 1.82) is 0 Å². The molecule has 1 unspecified atom stereocenters. The summed E-state index contributed by atoms with van der Waals surface area (Å²) in [6.45, 7) is 8.30. The van der Waals surface area contributed by atoms with Gasteiger partial charge in [-0.1, -0.05) is 38.5 Å². The second-order valence-corrected chi connectivity index (χ2v) is 7.68. The highest BCUT2D eigenvalue weighted by Gasteiger charge is 2.29. The monoisotopic (exact) mass is 285 g/mol. The van der Waals surface area contributed by atoms with Gasteiger partial charge in [-0.15, -0.1) is 0 Å². The second kappa shape index (κ2) is 5.92. The fourth-order valence-corrected chi connectivity index (χ4v) is 2.82. The van der Waals surface area contributed by atoms with E-state index in [9.17, 15) is 8.42 Å². The van der Waals surface area contributed by atoms with Crippen LogP contribution in [0.5, 0.6) is 5.75 Å². The van der Waals surface area contributed by atoms with E-state index in [-0.39, 0.29) is 17.1 Å². The van der Waals surface area contributed by atoms with E-state index in [1.54, 1.807) is 0 Å². The number of sulfonamides is 1. The molecule has 0 saturated heterocycles. The van der Waals surface area contributed by atoms with Gasteiger partial charge in [-0.2, -0.15) is 0 Å². The SMILES string of the molecule is Cc1ccc(OCC(CS(N)(=O)=O)C(C)(C)C)cc1. The highest BCUT2D eigenvalue weighted by atomic mass is 32.2. The zero-order chi connectivity index (χ0) is 14.7. The molecule has 1 aromatic carbocycles. The predicted octanol–water partition coefficient (Wildman–Crippen LogP) is 2.32. The van der Waals surface area contributed by atoms with Crippen molar-refractivity contribution in [1.82, 2.24) is 0 Å². The van der Waals surface area contributed by atoms with Gasteiger partial charge in [-0.3, -0.25) is 0 Å². The molecule has 0 aliphatic rings. The van der Waals surface area contributed by atoms with Crippen LogP contribution in [0.4, 0.5) is 0 Å². The predicted molar refractivity (Wildman–Crippen MR) is 77.6 cm³/mol. The zero-order valence-corrected chi connectivity index (χ0v) is 12.8. The number of benzene rings is 1. The Balaban J connectivity index is 2.71. The molecule has 1 rings (SSSR count). The normalized spacial score (nSPS) is 14.2. The van der Waals surface area contributed by atoms with E-state index in [0.29, 0.717) is 6.61 Å². The van der Waals surface area contributed by atoms with Crippen molar-refractivity contribution in [2.75, 3.05) is 12.4 Å². The minimum atomic E-state index is -3.50. The minimum Gasteiger partial charge on any atom is -0.493 e. The summed E-state index contributed by atoms with van der Waals surface area (Å²) >= 11 is 0. The van der Waals surface area contributed by atoms with Crippen LogP contribution in [0.25, 0.3) is 0 Å². The van der Waals surface area contributed by atoms with Gasteiger partial charge in [-0.05, 0) is 24.5 Å². The lowest BCUT2D eigenvalue weighted by Gasteiger charge is -2.29. The Kier molecular flexibility index (Phi) is 4.98. The Hall–Kier alpha value is -1.07. The molecular formula is C14H23NO3S. The average Bonchev–Trinajstić information content (AvgIpc) is 2.23. The molecule has 0 aromatic heterocycles. The van der Waals surface area contributed by atoms with Crippen LogP contribution in [0.2, 0.25) is 0 Å². The maximum absolute atomic E-state index is 11.3. The summed E-state index contributed by atoms with van der Waals surface area (Å²) < 4.78 is 28.2. The van der Waals surface area contributed by atoms with Gasteiger partial charge in [0.25, 0.3) is 0 Å². The molecule has 0 heterocycles. The van der Waals surface area contributed by atoms with Crippen molar-refractivity contribution in [2.24, 2.45) is 16.5 Å². The van der Waals surface area contributed by atoms with Crippen molar-refractivity contribution in [3.63, 3.8) is 0 Å². The molecule has 0 amide bonds. The van der Waals surface area contributed by atoms with Crippen LogP contribution >= 0.6 is 0 Å². The van der Waals surface area contributed by atoms with E-state index >= 15 is 0 Å². The Morgan fingerprint density at radius 1 is 1.21 bits per heavy atom. The number of aryl methyl sites for hydroxylation is 1. The van der Waals surface area contributed by atoms with Gasteiger partial charge < -0.3 is 4.74 Å². The molecule has 0 aliphatic carbocycles. The van der Waals surface area contributed by atoms with Crippen LogP contribution in [0.3, 0.4) is 0 Å². The Morgan fingerprint density at radius 3 is 2.16 bits per heavy atom. The van der Waals surface area contributed by atoms with Gasteiger partial charge in [0, 0.05) is 5.92 Å². The van der Waals surface area contributed by atoms with Crippen LogP contribution < -0.4 is 9.88 Å². The Labute approximate surface area is 116 Å². The van der Waals surface area contributed by atoms with Gasteiger partial charge in [0.05, 0.1) is 12.4 Å². The smallest absolute Gasteiger partial charge is 0.209 e. The third kappa shape index (κ3) is 6.07. The zero-order valence-electron chi connectivity index (χ0n) is 12.0. The number of ether oxygens (including phenoxy) is 1. The molecule has 0 saturated carbocycles. The molecule has 4 nitrogen and oxygen atoms in total. The number of primary sulfonamides is 1. The lowest BCUT2D eigenvalue weighted by atomic mass is 9.82. The topological polar surface area (TPSA) is 69.4 Å². The van der Waals surface area contributed by atoms with E-state index < -0.39 is 10.0 Å². The summed E-state index contributed by atoms with van der Waals surface area (Å²) in [6.07, 6.45) is 0. The molecule has 19 heavy (non-hydrogen) atoms. The summed E-state index contributed by atoms with van der Waals surface area (Å²) in [6, 6.07) is 7.68. The maximum Gasteiger partial charge on any atom is 0.209 e. The summed E-state index contributed by atoms with van der Waals surface area (Å²) in [5, 5.41) is 5.14. The highest BCUT2D eigenvalue weighted by molar-refractivity contribution is 7.89. The van der Waals surface area contributed by atoms with Gasteiger partial charge >= 0.3 is 0 Å². The number of nitrogens with two attached hydrogens (primary N) is 1. The largest absolute Gasteiger partial charge is 0.493 e. The lowest BCUT2D eigenvalue weighted by Crippen LogP contribution is -2.35. The number of rotatable bonds is 5. The van der Waals surface area contributed by atoms with Gasteiger partial charge in [0.15, 0.2) is 0 Å². The van der Waals surface area contributed by atoms with Crippen LogP contribution in [-0.4, -0.2) is 20.8 Å². The first-order valence-corrected chi connectivity index (χ1v) is 7.99. The summed E-state index contributed by atoms with van der Waals surface area (Å²) in [7, 11) is -3.50. The van der Waals surface area contributed by atoms with Crippen molar-refractivity contribution in [3.8, 4) is 5.75 Å². The van der Waals surface area contributed by atoms with E-state index in [4.69, 9.17) is 9.88 Å². The van der Waals surface area contributed by atoms with Crippen LogP contribution in [0.1, 0.15) is 26.3 Å². The molecule has 0 fully saturated rings. The van der Waals surface area contributed by atoms with Gasteiger partial charge in [0.2, 0.25) is 10.0 Å². The molecule has 0 aliphatic heterocycles. The Bertz CT molecular complexity index is 500. The molecule has 1 aromatic rings. The van der Waals surface area contributed by atoms with E-state index in [1.807, 2.05) is 52.0 Å². The second-order valence-electron chi connectivity index (χ2n) is 6.02. The average molecular weight is 285 g/mol. The third-order valence-corrected chi connectivity index (χ3v) is 4.00. The molecule has 0 radical (unpaired) electrons. The number of hydrogen-bond donors (Lipinski definition) is 1. The van der Waals surface area contributed by atoms with Crippen molar-refractivity contribution in [2.45, 2.75) is 27.7 Å². The maximum atomic E-state index is 11.3. The fraction of sp³-hybridized carbons (Fsp3) is 0.571. The van der Waals surface area contributed by atoms with Crippen LogP contribution in [-0.2, 0) is 10.0 Å². The fourth-order valence-electron chi connectivity index (χ4n) is 1.66. The summed E-state index contributed by atoms with van der Waals surface area (Å²) in [5.74, 6) is 0.528. The third-order valence-electron chi connectivity index (χ3n) is 3.13. The van der Waals surface area contributed by atoms with Crippen LogP contribution in [0, 0.1) is 18.3 Å². The van der Waals surface area contributed by atoms with Gasteiger partial charge in [-0.25, -0.2) is 13.6 Å². The van der Waals surface area contributed by atoms with Crippen molar-refractivity contribution < 1.29 is 13.2 Å². The van der Waals surface area contributed by atoms with Crippen molar-refractivity contribution in [3.05, 3.63) is 29.8 Å². The van der Waals surface area contributed by atoms with Crippen molar-refractivity contribution >= 4 is 10.0 Å². The molecule has 1 atom stereocenters. The molecule has 108 valence electrons. The first-order valence-electron chi connectivity index (χ1n) is 6.28. The first-order chi connectivity index (χ1) is 8.58. The molecule has 0 spiro atoms. The summed E-state index contributed by atoms with van der Waals surface area (Å²) in [4.78, 5) is 0. The Morgan fingerprint density at radius 2 is 1.74 bits per heavy atom. The highest BCUT2D eigenvalue weighted by Crippen LogP contribution is 2.27. The lowest BCUT2D eigenvalue weighted by molar-refractivity contribution is 0.163. The molecular weight excluding hydrogens is 262 g/mol. The summed E-state index contributed by atoms with van der Waals surface area (Å²) in [5.41, 5.74) is 0.973. The van der Waals surface area contributed by atoms with Gasteiger partial charge in [0.1, 0.15) is 5.75 Å². The van der Waals surface area contributed by atoms with E-state index in [1.165, 1.54) is 0 Å². The minimum absolute atomic E-state index is 0.0671. The number of hydrogen-bond acceptors (Lipinski definition) is 3. The molecule has 5 heteroatoms. The quantitative estimate of drug-likeness (QED) is 0.902.